The molecule has 2 N–H and O–H groups in total. The number of nitrogens with zero attached hydrogens (tertiary/aromatic N) is 3. The second-order valence-corrected chi connectivity index (χ2v) is 4.52. The molecule has 0 saturated heterocycles. The number of rotatable bonds is 5. The zero-order valence-electron chi connectivity index (χ0n) is 11.7. The van der Waals surface area contributed by atoms with Crippen molar-refractivity contribution < 1.29 is 4.74 Å². The SMILES string of the molecule is CCCc1c(CN)nnn1-c1cc(C)ccc1OC. The van der Waals surface area contributed by atoms with Crippen molar-refractivity contribution >= 4 is 0 Å². The van der Waals surface area contributed by atoms with Crippen LogP contribution in [0.3, 0.4) is 0 Å². The highest BCUT2D eigenvalue weighted by Gasteiger charge is 2.15. The molecule has 1 aromatic heterocycles. The van der Waals surface area contributed by atoms with Crippen LogP contribution in [0.2, 0.25) is 0 Å². The Hall–Kier alpha value is -1.88. The van der Waals surface area contributed by atoms with Crippen LogP contribution in [0.15, 0.2) is 18.2 Å². The molecule has 0 aliphatic rings. The zero-order valence-corrected chi connectivity index (χ0v) is 11.7. The van der Waals surface area contributed by atoms with Crippen molar-refractivity contribution in [2.24, 2.45) is 5.73 Å². The van der Waals surface area contributed by atoms with Crippen molar-refractivity contribution in [1.82, 2.24) is 15.0 Å². The fraction of sp³-hybridized carbons (Fsp3) is 0.429. The summed E-state index contributed by atoms with van der Waals surface area (Å²) in [6.07, 6.45) is 1.92. The molecule has 0 aliphatic carbocycles. The third-order valence-corrected chi connectivity index (χ3v) is 3.09. The van der Waals surface area contributed by atoms with Crippen LogP contribution in [0, 0.1) is 6.92 Å². The molecule has 0 amide bonds. The summed E-state index contributed by atoms with van der Waals surface area (Å²) < 4.78 is 7.26. The minimum Gasteiger partial charge on any atom is -0.494 e. The number of nitrogens with two attached hydrogens (primary N) is 1. The van der Waals surface area contributed by atoms with E-state index in [4.69, 9.17) is 10.5 Å². The van der Waals surface area contributed by atoms with Crippen molar-refractivity contribution in [3.63, 3.8) is 0 Å². The fourth-order valence-corrected chi connectivity index (χ4v) is 2.14. The lowest BCUT2D eigenvalue weighted by Gasteiger charge is -2.12. The van der Waals surface area contributed by atoms with Crippen molar-refractivity contribution in [2.45, 2.75) is 33.2 Å². The van der Waals surface area contributed by atoms with Gasteiger partial charge in [0.1, 0.15) is 11.4 Å². The van der Waals surface area contributed by atoms with Crippen LogP contribution in [-0.4, -0.2) is 22.1 Å². The normalized spacial score (nSPS) is 10.7. The molecular formula is C14H20N4O. The first-order valence-electron chi connectivity index (χ1n) is 6.49. The van der Waals surface area contributed by atoms with Crippen molar-refractivity contribution in [3.8, 4) is 11.4 Å². The Morgan fingerprint density at radius 3 is 2.79 bits per heavy atom. The summed E-state index contributed by atoms with van der Waals surface area (Å²) >= 11 is 0. The van der Waals surface area contributed by atoms with E-state index >= 15 is 0 Å². The molecule has 2 aromatic rings. The number of benzene rings is 1. The van der Waals surface area contributed by atoms with Gasteiger partial charge in [-0.15, -0.1) is 5.10 Å². The van der Waals surface area contributed by atoms with Gasteiger partial charge in [0.15, 0.2) is 0 Å². The quantitative estimate of drug-likeness (QED) is 0.893. The highest BCUT2D eigenvalue weighted by atomic mass is 16.5. The number of ether oxygens (including phenoxy) is 1. The van der Waals surface area contributed by atoms with Crippen LogP contribution in [0.5, 0.6) is 5.75 Å². The molecule has 0 unspecified atom stereocenters. The second-order valence-electron chi connectivity index (χ2n) is 4.52. The molecule has 0 atom stereocenters. The molecule has 0 fully saturated rings. The molecule has 5 heteroatoms. The number of hydrogen-bond acceptors (Lipinski definition) is 4. The van der Waals surface area contributed by atoms with Crippen LogP contribution in [0.1, 0.15) is 30.3 Å². The highest BCUT2D eigenvalue weighted by Crippen LogP contribution is 2.25. The number of hydrogen-bond donors (Lipinski definition) is 1. The first-order valence-corrected chi connectivity index (χ1v) is 6.49. The van der Waals surface area contributed by atoms with Crippen LogP contribution >= 0.6 is 0 Å². The third kappa shape index (κ3) is 2.61. The van der Waals surface area contributed by atoms with Gasteiger partial charge in [0.2, 0.25) is 0 Å². The summed E-state index contributed by atoms with van der Waals surface area (Å²) in [6, 6.07) is 6.01. The van der Waals surface area contributed by atoms with E-state index in [9.17, 15) is 0 Å². The molecule has 0 bridgehead atoms. The van der Waals surface area contributed by atoms with E-state index in [-0.39, 0.29) is 0 Å². The van der Waals surface area contributed by atoms with E-state index in [2.05, 4.69) is 17.2 Å². The minimum absolute atomic E-state index is 0.406. The Balaban J connectivity index is 2.57. The summed E-state index contributed by atoms with van der Waals surface area (Å²) in [4.78, 5) is 0. The standard InChI is InChI=1S/C14H20N4O/c1-4-5-12-11(9-15)16-17-18(12)13-8-10(2)6-7-14(13)19-3/h6-8H,4-5,9,15H2,1-3H3. The molecule has 1 heterocycles. The van der Waals surface area contributed by atoms with Gasteiger partial charge < -0.3 is 10.5 Å². The maximum absolute atomic E-state index is 5.73. The fourth-order valence-electron chi connectivity index (χ4n) is 2.14. The Kier molecular flexibility index (Phi) is 4.16. The molecular weight excluding hydrogens is 240 g/mol. The maximum atomic E-state index is 5.73. The van der Waals surface area contributed by atoms with Gasteiger partial charge >= 0.3 is 0 Å². The maximum Gasteiger partial charge on any atom is 0.144 e. The van der Waals surface area contributed by atoms with Crippen LogP contribution < -0.4 is 10.5 Å². The van der Waals surface area contributed by atoms with Gasteiger partial charge in [-0.2, -0.15) is 0 Å². The Bertz CT molecular complexity index is 563. The predicted molar refractivity (Wildman–Crippen MR) is 74.5 cm³/mol. The van der Waals surface area contributed by atoms with Crippen LogP contribution in [0.4, 0.5) is 0 Å². The first kappa shape index (κ1) is 13.5. The predicted octanol–water partition coefficient (Wildman–Crippen LogP) is 2.00. The molecule has 0 saturated carbocycles. The molecule has 19 heavy (non-hydrogen) atoms. The monoisotopic (exact) mass is 260 g/mol. The smallest absolute Gasteiger partial charge is 0.144 e. The van der Waals surface area contributed by atoms with Crippen molar-refractivity contribution in [1.29, 1.82) is 0 Å². The van der Waals surface area contributed by atoms with E-state index in [1.165, 1.54) is 0 Å². The Morgan fingerprint density at radius 2 is 2.16 bits per heavy atom. The van der Waals surface area contributed by atoms with Crippen molar-refractivity contribution in [3.05, 3.63) is 35.2 Å². The average Bonchev–Trinajstić information content (AvgIpc) is 2.82. The Labute approximate surface area is 113 Å². The van der Waals surface area contributed by atoms with E-state index in [1.807, 2.05) is 29.8 Å². The molecule has 2 rings (SSSR count). The lowest BCUT2D eigenvalue weighted by atomic mass is 10.1. The zero-order chi connectivity index (χ0) is 13.8. The van der Waals surface area contributed by atoms with Gasteiger partial charge in [-0.05, 0) is 31.0 Å². The number of methoxy groups -OCH3 is 1. The van der Waals surface area contributed by atoms with Crippen molar-refractivity contribution in [2.75, 3.05) is 7.11 Å². The van der Waals surface area contributed by atoms with E-state index < -0.39 is 0 Å². The van der Waals surface area contributed by atoms with Gasteiger partial charge in [0, 0.05) is 6.54 Å². The number of aromatic nitrogens is 3. The average molecular weight is 260 g/mol. The molecule has 5 nitrogen and oxygen atoms in total. The first-order chi connectivity index (χ1) is 9.21. The van der Waals surface area contributed by atoms with Crippen LogP contribution in [0.25, 0.3) is 5.69 Å². The highest BCUT2D eigenvalue weighted by molar-refractivity contribution is 5.49. The van der Waals surface area contributed by atoms with E-state index in [0.29, 0.717) is 6.54 Å². The summed E-state index contributed by atoms with van der Waals surface area (Å²) in [6.45, 7) is 4.58. The van der Waals surface area contributed by atoms with Gasteiger partial charge in [0.25, 0.3) is 0 Å². The lowest BCUT2D eigenvalue weighted by molar-refractivity contribution is 0.411. The van der Waals surface area contributed by atoms with E-state index in [0.717, 1.165) is 41.2 Å². The second kappa shape index (κ2) is 5.84. The van der Waals surface area contributed by atoms with Gasteiger partial charge in [-0.3, -0.25) is 0 Å². The summed E-state index contributed by atoms with van der Waals surface area (Å²) in [5, 5.41) is 8.40. The topological polar surface area (TPSA) is 66.0 Å². The molecule has 0 aliphatic heterocycles. The Morgan fingerprint density at radius 1 is 1.37 bits per heavy atom. The van der Waals surface area contributed by atoms with Gasteiger partial charge in [0.05, 0.1) is 18.5 Å². The van der Waals surface area contributed by atoms with Gasteiger partial charge in [-0.25, -0.2) is 4.68 Å². The largest absolute Gasteiger partial charge is 0.494 e. The minimum atomic E-state index is 0.406. The summed E-state index contributed by atoms with van der Waals surface area (Å²) in [7, 11) is 1.66. The molecule has 0 radical (unpaired) electrons. The molecule has 1 aromatic carbocycles. The summed E-state index contributed by atoms with van der Waals surface area (Å²) in [5.41, 5.74) is 9.71. The van der Waals surface area contributed by atoms with E-state index in [1.54, 1.807) is 7.11 Å². The number of aryl methyl sites for hydroxylation is 1. The molecule has 0 spiro atoms. The third-order valence-electron chi connectivity index (χ3n) is 3.09. The van der Waals surface area contributed by atoms with Crippen LogP contribution in [-0.2, 0) is 13.0 Å². The summed E-state index contributed by atoms with van der Waals surface area (Å²) in [5.74, 6) is 0.788. The lowest BCUT2D eigenvalue weighted by Crippen LogP contribution is -2.07. The molecule has 102 valence electrons. The van der Waals surface area contributed by atoms with Gasteiger partial charge in [-0.1, -0.05) is 24.6 Å².